The summed E-state index contributed by atoms with van der Waals surface area (Å²) in [6, 6.07) is 74.4. The molecule has 0 saturated heterocycles. The molecule has 6 aromatic heterocycles. The zero-order valence-corrected chi connectivity index (χ0v) is 87.5. The Morgan fingerprint density at radius 1 is 0.311 bits per heavy atom. The molecule has 0 atom stereocenters. The Morgan fingerprint density at radius 2 is 0.581 bits per heavy atom. The fourth-order valence-corrected chi connectivity index (χ4v) is 18.1. The van der Waals surface area contributed by atoms with E-state index in [9.17, 15) is 45.0 Å². The number of aromatic carboxylic acids is 1. The summed E-state index contributed by atoms with van der Waals surface area (Å²) in [5.74, 6) is 5.08. The summed E-state index contributed by atoms with van der Waals surface area (Å²) in [7, 11) is 9.74. The quantitative estimate of drug-likeness (QED) is 0.0184. The number of phenolic OH excluding ortho intramolecular Hbond substituents is 5. The van der Waals surface area contributed by atoms with Gasteiger partial charge in [0.05, 0.1) is 94.6 Å². The highest BCUT2D eigenvalue weighted by molar-refractivity contribution is 6.00. The highest BCUT2D eigenvalue weighted by Crippen LogP contribution is 2.46. The van der Waals surface area contributed by atoms with E-state index in [1.165, 1.54) is 23.6 Å². The minimum absolute atomic E-state index is 0.00166. The van der Waals surface area contributed by atoms with Crippen LogP contribution in [0.5, 0.6) is 63.2 Å². The smallest absolute Gasteiger partial charge is 0.337 e. The van der Waals surface area contributed by atoms with Crippen molar-refractivity contribution in [2.45, 2.75) is 145 Å². The number of hydrogen-bond donors (Lipinski definition) is 8. The molecule has 0 unspecified atom stereocenters. The molecule has 0 spiro atoms. The molecule has 24 heteroatoms. The second-order valence-corrected chi connectivity index (χ2v) is 37.9. The third-order valence-corrected chi connectivity index (χ3v) is 25.5. The SMILES string of the molecule is CC(C)c1c(O)cc(-c2cc3cc(C(=O)NCCN)ccc3cn2)cc1O.CC(C)c1c(O)cc(-c2cc3ccccc3cn2)cc1O.CCCCOc1cc(-c2cc3ccccc3cn2)cc(O)c1C(C)C.COC(=O)c1ccc2cnc(-c3cc(C)c(C(C)C)c(OC)c3)cc2c1.COc1cc(-c2cc3cc(C(=O)O)ccc3cn2)cc(OC)c1C(C)C.COc1cc(-c2cc3ccccc3cn2)cc(OC)c1C(C)C. The Kier molecular flexibility index (Phi) is 36.5. The number of ether oxygens (including phenoxy) is 7. The van der Waals surface area contributed by atoms with Crippen molar-refractivity contribution in [1.82, 2.24) is 35.2 Å². The van der Waals surface area contributed by atoms with E-state index < -0.39 is 5.97 Å². The third kappa shape index (κ3) is 26.0. The van der Waals surface area contributed by atoms with E-state index >= 15 is 0 Å². The van der Waals surface area contributed by atoms with Crippen LogP contribution in [0.2, 0.25) is 0 Å². The zero-order chi connectivity index (χ0) is 106. The first kappa shape index (κ1) is 109. The molecule has 18 rings (SSSR count). The van der Waals surface area contributed by atoms with Gasteiger partial charge in [-0.15, -0.1) is 0 Å². The molecule has 148 heavy (non-hydrogen) atoms. The second-order valence-electron chi connectivity index (χ2n) is 37.9. The number of carboxylic acids is 1. The van der Waals surface area contributed by atoms with Gasteiger partial charge in [0.25, 0.3) is 5.91 Å². The van der Waals surface area contributed by atoms with Crippen molar-refractivity contribution in [2.75, 3.05) is 62.4 Å². The number of pyridine rings is 6. The van der Waals surface area contributed by atoms with Crippen molar-refractivity contribution in [2.24, 2.45) is 5.73 Å². The van der Waals surface area contributed by atoms with Gasteiger partial charge in [-0.2, -0.15) is 0 Å². The Bertz CT molecular complexity index is 7740. The largest absolute Gasteiger partial charge is 0.507 e. The van der Waals surface area contributed by atoms with Crippen LogP contribution in [0.15, 0.2) is 274 Å². The van der Waals surface area contributed by atoms with E-state index in [-0.39, 0.29) is 69.9 Å². The van der Waals surface area contributed by atoms with Gasteiger partial charge < -0.3 is 74.8 Å². The number of nitrogens with zero attached hydrogens (tertiary/aromatic N) is 6. The molecule has 6 heterocycles. The first-order valence-corrected chi connectivity index (χ1v) is 49.5. The summed E-state index contributed by atoms with van der Waals surface area (Å²) >= 11 is 0. The van der Waals surface area contributed by atoms with Crippen LogP contribution in [0.1, 0.15) is 208 Å². The summed E-state index contributed by atoms with van der Waals surface area (Å²) in [5.41, 5.74) is 22.8. The topological polar surface area (TPSA) is 353 Å². The molecular weight excluding hydrogens is 1860 g/mol. The Labute approximate surface area is 864 Å². The summed E-state index contributed by atoms with van der Waals surface area (Å²) in [5, 5.41) is 75.3. The third-order valence-electron chi connectivity index (χ3n) is 25.5. The summed E-state index contributed by atoms with van der Waals surface area (Å²) in [6.45, 7) is 30.2. The molecule has 0 aliphatic heterocycles. The summed E-state index contributed by atoms with van der Waals surface area (Å²) in [6.07, 6.45) is 12.9. The molecule has 12 aromatic carbocycles. The van der Waals surface area contributed by atoms with Gasteiger partial charge >= 0.3 is 11.9 Å². The van der Waals surface area contributed by atoms with Gasteiger partial charge in [0, 0.05) is 149 Å². The number of carbonyl (C=O) groups excluding carboxylic acids is 2. The van der Waals surface area contributed by atoms with Crippen molar-refractivity contribution >= 4 is 82.5 Å². The molecule has 0 aliphatic rings. The van der Waals surface area contributed by atoms with E-state index in [0.29, 0.717) is 70.6 Å². The van der Waals surface area contributed by atoms with E-state index in [4.69, 9.17) is 38.9 Å². The molecular formula is C124H130N8O16. The fraction of sp³-hybridized carbons (Fsp3) is 0.250. The number of methoxy groups -OCH3 is 6. The van der Waals surface area contributed by atoms with Crippen molar-refractivity contribution in [3.8, 4) is 131 Å². The van der Waals surface area contributed by atoms with Crippen molar-refractivity contribution in [3.05, 3.63) is 329 Å². The first-order chi connectivity index (χ1) is 71.1. The molecule has 1 amide bonds. The van der Waals surface area contributed by atoms with Crippen LogP contribution >= 0.6 is 0 Å². The number of aromatic hydroxyl groups is 5. The number of nitrogens with two attached hydrogens (primary N) is 1. The number of aryl methyl sites for hydroxylation is 1. The predicted octanol–water partition coefficient (Wildman–Crippen LogP) is 28.4. The average Bonchev–Trinajstić information content (AvgIpc) is 0.837. The molecule has 0 radical (unpaired) electrons. The normalized spacial score (nSPS) is 11.1. The lowest BCUT2D eigenvalue weighted by molar-refractivity contribution is 0.0599. The van der Waals surface area contributed by atoms with Crippen molar-refractivity contribution < 1.29 is 78.2 Å². The van der Waals surface area contributed by atoms with Gasteiger partial charge in [-0.25, -0.2) is 9.59 Å². The number of hydrogen-bond acceptors (Lipinski definition) is 22. The number of carbonyl (C=O) groups is 3. The van der Waals surface area contributed by atoms with Crippen LogP contribution in [0.4, 0.5) is 0 Å². The zero-order valence-electron chi connectivity index (χ0n) is 87.5. The summed E-state index contributed by atoms with van der Waals surface area (Å²) in [4.78, 5) is 62.2. The van der Waals surface area contributed by atoms with Crippen LogP contribution in [-0.4, -0.2) is 141 Å². The average molecular weight is 1990 g/mol. The Balaban J connectivity index is 0.000000148. The summed E-state index contributed by atoms with van der Waals surface area (Å²) < 4.78 is 38.7. The van der Waals surface area contributed by atoms with Crippen LogP contribution in [0.25, 0.3) is 132 Å². The van der Waals surface area contributed by atoms with Gasteiger partial charge in [0.2, 0.25) is 0 Å². The maximum Gasteiger partial charge on any atom is 0.337 e. The number of rotatable bonds is 26. The van der Waals surface area contributed by atoms with Crippen molar-refractivity contribution in [1.29, 1.82) is 0 Å². The number of phenols is 5. The van der Waals surface area contributed by atoms with Gasteiger partial charge in [-0.05, 0) is 238 Å². The minimum atomic E-state index is -0.949. The van der Waals surface area contributed by atoms with E-state index in [1.807, 2.05) is 180 Å². The van der Waals surface area contributed by atoms with Gasteiger partial charge in [-0.1, -0.05) is 187 Å². The molecule has 9 N–H and O–H groups in total. The van der Waals surface area contributed by atoms with Crippen LogP contribution in [-0.2, 0) is 4.74 Å². The van der Waals surface area contributed by atoms with Crippen LogP contribution in [0, 0.1) is 6.92 Å². The van der Waals surface area contributed by atoms with Gasteiger partial charge in [0.15, 0.2) is 0 Å². The standard InChI is InChI=1S/C22H23NO3.C22H25NO2.C21H23N3O3.C21H21NO4.C20H21NO2.C18H17NO2/c1-13(2)21-14(3)8-18(11-20(21)25-4)19-10-17-9-15(22(24)26-5)6-7-16(17)12-23-19;1-4-5-10-25-21-13-18(12-20(24)22(21)15(2)3)19-11-16-8-6-7-9-17(16)14-23-19;1-12(2)20-18(25)9-16(10-19(20)26)17-8-15-7-13(21(27)23-6-5-22)3-4-14(15)11-24-17;1-12(2)20-18(25-3)9-16(10-19(20)26-4)17-8-15-7-13(21(23)24)5-6-14(15)11-22-17;1-13(2)20-18(22-3)10-16(11-19(20)23-4)17-9-14-7-5-6-8-15(14)12-21-17;1-11(2)18-16(20)8-14(9-17(18)21)15-7-12-5-3-4-6-13(12)10-19-15/h6-13H,1-5H3;6-9,11-15,24H,4-5,10H2,1-3H3;3-4,7-12,25-26H,5-6,22H2,1-2H3,(H,23,27);5-12H,1-4H3,(H,23,24);5-13H,1-4H3;3-11,20-21H,1-2H3. The number of unbranched alkanes of at least 4 members (excludes halogenated alkanes) is 1. The van der Waals surface area contributed by atoms with Crippen LogP contribution < -0.4 is 39.5 Å². The lowest BCUT2D eigenvalue weighted by atomic mass is 9.93. The van der Waals surface area contributed by atoms with Crippen molar-refractivity contribution in [3.63, 3.8) is 0 Å². The number of esters is 1. The maximum absolute atomic E-state index is 12.1. The number of nitrogens with one attached hydrogen (secondary N) is 1. The monoisotopic (exact) mass is 1990 g/mol. The number of carboxylic acid groups (broad SMARTS) is 1. The number of fused-ring (bicyclic) bond motifs is 6. The Hall–Kier alpha value is -16.7. The molecule has 18 aromatic rings. The predicted molar refractivity (Wildman–Crippen MR) is 594 cm³/mol. The lowest BCUT2D eigenvalue weighted by Crippen LogP contribution is -2.28. The number of benzene rings is 12. The van der Waals surface area contributed by atoms with E-state index in [0.717, 1.165) is 174 Å². The van der Waals surface area contributed by atoms with Crippen LogP contribution in [0.3, 0.4) is 0 Å². The maximum atomic E-state index is 12.1. The van der Waals surface area contributed by atoms with E-state index in [1.54, 1.807) is 121 Å². The lowest BCUT2D eigenvalue weighted by Gasteiger charge is -2.18. The second kappa shape index (κ2) is 49.7. The number of amides is 1. The minimum Gasteiger partial charge on any atom is -0.507 e. The molecule has 762 valence electrons. The molecule has 0 saturated carbocycles. The molecule has 24 nitrogen and oxygen atoms in total. The highest BCUT2D eigenvalue weighted by atomic mass is 16.5. The van der Waals surface area contributed by atoms with Gasteiger partial charge in [0.1, 0.15) is 63.2 Å². The molecule has 0 fully saturated rings. The fourth-order valence-electron chi connectivity index (χ4n) is 18.1. The highest BCUT2D eigenvalue weighted by Gasteiger charge is 2.25. The first-order valence-electron chi connectivity index (χ1n) is 49.5. The Morgan fingerprint density at radius 3 is 0.899 bits per heavy atom. The van der Waals surface area contributed by atoms with Gasteiger partial charge in [-0.3, -0.25) is 34.7 Å². The number of aromatic nitrogens is 6. The molecule has 0 bridgehead atoms. The molecule has 0 aliphatic carbocycles. The van der Waals surface area contributed by atoms with E-state index in [2.05, 4.69) is 141 Å².